The molecule has 0 spiro atoms. The predicted molar refractivity (Wildman–Crippen MR) is 132 cm³/mol. The van der Waals surface area contributed by atoms with Crippen LogP contribution in [0, 0.1) is 29.3 Å². The van der Waals surface area contributed by atoms with Crippen molar-refractivity contribution in [2.45, 2.75) is 96.5 Å². The molecule has 2 nitrogen and oxygen atoms in total. The van der Waals surface area contributed by atoms with Gasteiger partial charge in [0.15, 0.2) is 23.1 Å². The van der Waals surface area contributed by atoms with Gasteiger partial charge in [-0.15, -0.1) is 0 Å². The highest BCUT2D eigenvalue weighted by Crippen LogP contribution is 2.45. The molecule has 0 bridgehead atoms. The Morgan fingerprint density at radius 3 is 2.29 bits per heavy atom. The number of benzene rings is 2. The van der Waals surface area contributed by atoms with Crippen LogP contribution in [0.3, 0.4) is 0 Å². The van der Waals surface area contributed by atoms with Crippen LogP contribution in [0.5, 0.6) is 11.5 Å². The van der Waals surface area contributed by atoms with E-state index in [2.05, 4.69) is 6.92 Å². The van der Waals surface area contributed by atoms with Gasteiger partial charge in [0, 0.05) is 23.5 Å². The molecule has 2 fully saturated rings. The molecule has 2 aliphatic heterocycles. The van der Waals surface area contributed by atoms with Crippen LogP contribution < -0.4 is 4.74 Å². The summed E-state index contributed by atoms with van der Waals surface area (Å²) in [7, 11) is 0. The van der Waals surface area contributed by atoms with Gasteiger partial charge in [0.1, 0.15) is 0 Å². The van der Waals surface area contributed by atoms with Gasteiger partial charge >= 0.3 is 0 Å². The Morgan fingerprint density at radius 1 is 0.829 bits per heavy atom. The average molecular weight is 487 g/mol. The first kappa shape index (κ1) is 24.7. The van der Waals surface area contributed by atoms with Crippen molar-refractivity contribution in [1.82, 2.24) is 0 Å². The zero-order valence-corrected chi connectivity index (χ0v) is 21.0. The molecule has 5 rings (SSSR count). The Hall–Kier alpha value is -2.01. The van der Waals surface area contributed by atoms with Crippen molar-refractivity contribution in [3.8, 4) is 11.5 Å². The van der Waals surface area contributed by atoms with E-state index in [9.17, 15) is 4.39 Å². The number of hydrogen-bond donors (Lipinski definition) is 0. The maximum atomic E-state index is 15.2. The highest BCUT2D eigenvalue weighted by Gasteiger charge is 2.35. The number of fused-ring (bicyclic) bond motifs is 2. The van der Waals surface area contributed by atoms with Crippen molar-refractivity contribution in [3.05, 3.63) is 57.9 Å². The number of hydrogen-bond acceptors (Lipinski definition) is 2. The SMILES string of the molecule is CCCc1ccc2c(c1F)Oc1c(cc(C3CCC(C4CCC(CCC)CC4)OC3)c(F)c1F)C2. The molecule has 2 aromatic rings. The van der Waals surface area contributed by atoms with Crippen molar-refractivity contribution in [3.63, 3.8) is 0 Å². The van der Waals surface area contributed by atoms with E-state index in [1.165, 1.54) is 38.5 Å². The highest BCUT2D eigenvalue weighted by molar-refractivity contribution is 5.54. The quantitative estimate of drug-likeness (QED) is 0.347. The molecule has 190 valence electrons. The van der Waals surface area contributed by atoms with Crippen molar-refractivity contribution >= 4 is 0 Å². The molecule has 2 atom stereocenters. The zero-order chi connectivity index (χ0) is 24.5. The first-order valence-electron chi connectivity index (χ1n) is 13.6. The molecule has 0 radical (unpaired) electrons. The van der Waals surface area contributed by atoms with Gasteiger partial charge < -0.3 is 9.47 Å². The molecule has 2 unspecified atom stereocenters. The summed E-state index contributed by atoms with van der Waals surface area (Å²) in [5.41, 5.74) is 2.15. The van der Waals surface area contributed by atoms with Crippen LogP contribution in [0.4, 0.5) is 13.2 Å². The van der Waals surface area contributed by atoms with Gasteiger partial charge in [0.2, 0.25) is 5.82 Å². The largest absolute Gasteiger partial charge is 0.450 e. The Kier molecular flexibility index (Phi) is 7.43. The lowest BCUT2D eigenvalue weighted by Crippen LogP contribution is -2.34. The Balaban J connectivity index is 1.29. The molecule has 2 heterocycles. The predicted octanol–water partition coefficient (Wildman–Crippen LogP) is 8.62. The van der Waals surface area contributed by atoms with E-state index >= 15 is 8.78 Å². The Labute approximate surface area is 207 Å². The second kappa shape index (κ2) is 10.5. The van der Waals surface area contributed by atoms with Crippen LogP contribution in [0.2, 0.25) is 0 Å². The number of ether oxygens (including phenoxy) is 2. The molecule has 2 aromatic carbocycles. The number of aryl methyl sites for hydroxylation is 1. The molecule has 5 heteroatoms. The lowest BCUT2D eigenvalue weighted by atomic mass is 9.75. The average Bonchev–Trinajstić information content (AvgIpc) is 2.88. The summed E-state index contributed by atoms with van der Waals surface area (Å²) >= 11 is 0. The zero-order valence-electron chi connectivity index (χ0n) is 21.0. The van der Waals surface area contributed by atoms with Crippen molar-refractivity contribution in [2.24, 2.45) is 11.8 Å². The van der Waals surface area contributed by atoms with Crippen LogP contribution in [-0.2, 0) is 17.6 Å². The van der Waals surface area contributed by atoms with Gasteiger partial charge in [0.25, 0.3) is 0 Å². The molecule has 1 saturated carbocycles. The fourth-order valence-corrected chi connectivity index (χ4v) is 6.52. The summed E-state index contributed by atoms with van der Waals surface area (Å²) in [4.78, 5) is 0. The molecular weight excluding hydrogens is 449 g/mol. The smallest absolute Gasteiger partial charge is 0.201 e. The van der Waals surface area contributed by atoms with Gasteiger partial charge in [-0.1, -0.05) is 58.1 Å². The molecular formula is C30H37F3O2. The minimum atomic E-state index is -1.01. The lowest BCUT2D eigenvalue weighted by molar-refractivity contribution is -0.0440. The normalized spacial score (nSPS) is 26.1. The summed E-state index contributed by atoms with van der Waals surface area (Å²) in [5, 5.41) is 0. The fraction of sp³-hybridized carbons (Fsp3) is 0.600. The van der Waals surface area contributed by atoms with E-state index in [-0.39, 0.29) is 23.5 Å². The van der Waals surface area contributed by atoms with Gasteiger partial charge in [-0.25, -0.2) is 8.78 Å². The number of rotatable bonds is 6. The first-order valence-corrected chi connectivity index (χ1v) is 13.6. The summed E-state index contributed by atoms with van der Waals surface area (Å²) < 4.78 is 57.2. The minimum absolute atomic E-state index is 0.0343. The minimum Gasteiger partial charge on any atom is -0.450 e. The van der Waals surface area contributed by atoms with Crippen LogP contribution in [0.15, 0.2) is 18.2 Å². The Morgan fingerprint density at radius 2 is 1.60 bits per heavy atom. The van der Waals surface area contributed by atoms with E-state index in [0.29, 0.717) is 47.6 Å². The fourth-order valence-electron chi connectivity index (χ4n) is 6.52. The van der Waals surface area contributed by atoms with E-state index in [4.69, 9.17) is 9.47 Å². The molecule has 1 saturated heterocycles. The first-order chi connectivity index (χ1) is 17.0. The third-order valence-electron chi connectivity index (χ3n) is 8.49. The van der Waals surface area contributed by atoms with Gasteiger partial charge in [0.05, 0.1) is 12.7 Å². The third kappa shape index (κ3) is 4.85. The standard InChI is InChI=1S/C30H37F3O2/c1-3-5-18-7-9-19(10-8-18)25-14-13-22(17-34-25)24-16-23-15-21-12-11-20(6-4-2)26(31)29(21)35-30(23)28(33)27(24)32/h11-12,16,18-19,22,25H,3-10,13-15,17H2,1-2H3. The Bertz CT molecular complexity index is 1050. The van der Waals surface area contributed by atoms with Crippen LogP contribution in [0.1, 0.15) is 99.8 Å². The molecule has 1 aliphatic carbocycles. The van der Waals surface area contributed by atoms with E-state index < -0.39 is 17.5 Å². The summed E-state index contributed by atoms with van der Waals surface area (Å²) in [6.07, 6.45) is 11.2. The molecule has 0 amide bonds. The van der Waals surface area contributed by atoms with Crippen LogP contribution >= 0.6 is 0 Å². The molecule has 0 aromatic heterocycles. The summed E-state index contributed by atoms with van der Waals surface area (Å²) in [6, 6.07) is 5.34. The van der Waals surface area contributed by atoms with Crippen LogP contribution in [-0.4, -0.2) is 12.7 Å². The van der Waals surface area contributed by atoms with E-state index in [1.807, 2.05) is 13.0 Å². The van der Waals surface area contributed by atoms with E-state index in [1.54, 1.807) is 12.1 Å². The third-order valence-corrected chi connectivity index (χ3v) is 8.49. The van der Waals surface area contributed by atoms with Crippen molar-refractivity contribution in [1.29, 1.82) is 0 Å². The van der Waals surface area contributed by atoms with E-state index in [0.717, 1.165) is 25.2 Å². The van der Waals surface area contributed by atoms with Crippen molar-refractivity contribution in [2.75, 3.05) is 6.61 Å². The van der Waals surface area contributed by atoms with Crippen molar-refractivity contribution < 1.29 is 22.6 Å². The molecule has 3 aliphatic rings. The van der Waals surface area contributed by atoms with Crippen LogP contribution in [0.25, 0.3) is 0 Å². The monoisotopic (exact) mass is 486 g/mol. The summed E-state index contributed by atoms with van der Waals surface area (Å²) in [6.45, 7) is 4.65. The lowest BCUT2D eigenvalue weighted by Gasteiger charge is -2.38. The highest BCUT2D eigenvalue weighted by atomic mass is 19.2. The maximum absolute atomic E-state index is 15.2. The molecule has 0 N–H and O–H groups in total. The number of halogens is 3. The van der Waals surface area contributed by atoms with Gasteiger partial charge in [-0.05, 0) is 61.1 Å². The summed E-state index contributed by atoms with van der Waals surface area (Å²) in [5.74, 6) is -1.23. The second-order valence-electron chi connectivity index (χ2n) is 10.9. The maximum Gasteiger partial charge on any atom is 0.201 e. The van der Waals surface area contributed by atoms with Gasteiger partial charge in [-0.2, -0.15) is 4.39 Å². The van der Waals surface area contributed by atoms with Gasteiger partial charge in [-0.3, -0.25) is 0 Å². The second-order valence-corrected chi connectivity index (χ2v) is 10.9. The topological polar surface area (TPSA) is 18.5 Å². The molecule has 35 heavy (non-hydrogen) atoms.